The van der Waals surface area contributed by atoms with E-state index in [1.54, 1.807) is 6.07 Å². The topological polar surface area (TPSA) is 55.1 Å². The number of aromatic carboxylic acids is 1. The Labute approximate surface area is 120 Å². The lowest BCUT2D eigenvalue weighted by Gasteiger charge is -2.00. The molecule has 0 atom stereocenters. The molecule has 2 heterocycles. The number of carboxylic acids is 1. The molecule has 0 spiro atoms. The Hall–Kier alpha value is -2.33. The van der Waals surface area contributed by atoms with E-state index in [-0.39, 0.29) is 5.56 Å². The number of fused-ring (bicyclic) bond motifs is 1. The maximum atomic E-state index is 11.0. The van der Waals surface area contributed by atoms with E-state index in [1.807, 2.05) is 36.0 Å². The van der Waals surface area contributed by atoms with Crippen molar-refractivity contribution in [2.45, 2.75) is 0 Å². The first-order chi connectivity index (χ1) is 9.56. The molecule has 100 valence electrons. The monoisotopic (exact) mass is 286 g/mol. The standard InChI is InChI=1S/C15H11ClN2O2/c1-18-8-12(11-3-2-10(16)7-14(11)18)13-6-9(15(19)20)4-5-17-13/h2-8H,1H3,(H,19,20). The number of aryl methyl sites for hydroxylation is 1. The zero-order valence-corrected chi connectivity index (χ0v) is 11.4. The van der Waals surface area contributed by atoms with Crippen molar-refractivity contribution in [2.75, 3.05) is 0 Å². The van der Waals surface area contributed by atoms with Crippen LogP contribution in [0.15, 0.2) is 42.7 Å². The highest BCUT2D eigenvalue weighted by Gasteiger charge is 2.12. The van der Waals surface area contributed by atoms with E-state index in [1.165, 1.54) is 12.3 Å². The number of aromatic nitrogens is 2. The Kier molecular flexibility index (Phi) is 2.95. The SMILES string of the molecule is Cn1cc(-c2cc(C(=O)O)ccn2)c2ccc(Cl)cc21. The van der Waals surface area contributed by atoms with Crippen molar-refractivity contribution in [3.63, 3.8) is 0 Å². The van der Waals surface area contributed by atoms with E-state index in [4.69, 9.17) is 16.7 Å². The maximum absolute atomic E-state index is 11.0. The fourth-order valence-corrected chi connectivity index (χ4v) is 2.44. The lowest BCUT2D eigenvalue weighted by atomic mass is 10.1. The van der Waals surface area contributed by atoms with Gasteiger partial charge in [-0.2, -0.15) is 0 Å². The summed E-state index contributed by atoms with van der Waals surface area (Å²) in [5.41, 5.74) is 2.73. The third-order valence-corrected chi connectivity index (χ3v) is 3.47. The zero-order chi connectivity index (χ0) is 14.3. The molecule has 3 rings (SSSR count). The molecular formula is C15H11ClN2O2. The van der Waals surface area contributed by atoms with E-state index >= 15 is 0 Å². The Morgan fingerprint density at radius 2 is 2.10 bits per heavy atom. The molecule has 0 aliphatic rings. The normalized spacial score (nSPS) is 10.9. The van der Waals surface area contributed by atoms with Crippen LogP contribution in [0.5, 0.6) is 0 Å². The lowest BCUT2D eigenvalue weighted by molar-refractivity contribution is 0.0697. The molecule has 0 radical (unpaired) electrons. The molecule has 5 heteroatoms. The van der Waals surface area contributed by atoms with Gasteiger partial charge in [0, 0.05) is 40.9 Å². The summed E-state index contributed by atoms with van der Waals surface area (Å²) < 4.78 is 1.95. The first-order valence-electron chi connectivity index (χ1n) is 6.00. The largest absolute Gasteiger partial charge is 0.478 e. The van der Waals surface area contributed by atoms with Gasteiger partial charge in [-0.1, -0.05) is 17.7 Å². The highest BCUT2D eigenvalue weighted by Crippen LogP contribution is 2.30. The van der Waals surface area contributed by atoms with Crippen LogP contribution in [0.25, 0.3) is 22.2 Å². The summed E-state index contributed by atoms with van der Waals surface area (Å²) in [7, 11) is 1.92. The minimum atomic E-state index is -0.961. The minimum Gasteiger partial charge on any atom is -0.478 e. The molecule has 0 aliphatic carbocycles. The third-order valence-electron chi connectivity index (χ3n) is 3.24. The second-order valence-electron chi connectivity index (χ2n) is 4.55. The highest BCUT2D eigenvalue weighted by molar-refractivity contribution is 6.31. The molecule has 4 nitrogen and oxygen atoms in total. The molecular weight excluding hydrogens is 276 g/mol. The van der Waals surface area contributed by atoms with Gasteiger partial charge >= 0.3 is 5.97 Å². The van der Waals surface area contributed by atoms with Gasteiger partial charge in [-0.3, -0.25) is 4.98 Å². The summed E-state index contributed by atoms with van der Waals surface area (Å²) in [4.78, 5) is 15.3. The predicted molar refractivity (Wildman–Crippen MR) is 78.1 cm³/mol. The molecule has 0 aliphatic heterocycles. The summed E-state index contributed by atoms with van der Waals surface area (Å²) in [6.45, 7) is 0. The smallest absolute Gasteiger partial charge is 0.335 e. The molecule has 1 N–H and O–H groups in total. The highest BCUT2D eigenvalue weighted by atomic mass is 35.5. The molecule has 1 aromatic carbocycles. The first-order valence-corrected chi connectivity index (χ1v) is 6.38. The molecule has 2 aromatic heterocycles. The molecule has 0 unspecified atom stereocenters. The number of hydrogen-bond acceptors (Lipinski definition) is 2. The zero-order valence-electron chi connectivity index (χ0n) is 10.7. The van der Waals surface area contributed by atoms with E-state index in [2.05, 4.69) is 4.98 Å². The molecule has 20 heavy (non-hydrogen) atoms. The number of carbonyl (C=O) groups is 1. The first kappa shape index (κ1) is 12.7. The van der Waals surface area contributed by atoms with Crippen LogP contribution >= 0.6 is 11.6 Å². The molecule has 0 bridgehead atoms. The van der Waals surface area contributed by atoms with Crippen LogP contribution in [0.2, 0.25) is 5.02 Å². The second kappa shape index (κ2) is 4.65. The van der Waals surface area contributed by atoms with Crippen LogP contribution in [0.1, 0.15) is 10.4 Å². The van der Waals surface area contributed by atoms with E-state index in [0.717, 1.165) is 16.5 Å². The van der Waals surface area contributed by atoms with Crippen LogP contribution in [-0.2, 0) is 7.05 Å². The number of nitrogens with zero attached hydrogens (tertiary/aromatic N) is 2. The fraction of sp³-hybridized carbons (Fsp3) is 0.0667. The number of pyridine rings is 1. The fourth-order valence-electron chi connectivity index (χ4n) is 2.27. The number of carboxylic acid groups (broad SMARTS) is 1. The number of benzene rings is 1. The van der Waals surface area contributed by atoms with Crippen molar-refractivity contribution in [3.8, 4) is 11.3 Å². The molecule has 0 saturated heterocycles. The average Bonchev–Trinajstić information content (AvgIpc) is 2.76. The van der Waals surface area contributed by atoms with E-state index in [9.17, 15) is 4.79 Å². The second-order valence-corrected chi connectivity index (χ2v) is 4.99. The molecule has 0 amide bonds. The summed E-state index contributed by atoms with van der Waals surface area (Å²) >= 11 is 6.01. The number of halogens is 1. The average molecular weight is 287 g/mol. The van der Waals surface area contributed by atoms with Crippen LogP contribution in [0, 0.1) is 0 Å². The Morgan fingerprint density at radius 1 is 1.30 bits per heavy atom. The molecule has 0 saturated carbocycles. The van der Waals surface area contributed by atoms with Gasteiger partial charge in [0.25, 0.3) is 0 Å². The molecule has 0 fully saturated rings. The Balaban J connectivity index is 2.24. The van der Waals surface area contributed by atoms with Crippen molar-refractivity contribution in [1.82, 2.24) is 9.55 Å². The quantitative estimate of drug-likeness (QED) is 0.783. The van der Waals surface area contributed by atoms with Gasteiger partial charge < -0.3 is 9.67 Å². The minimum absolute atomic E-state index is 0.223. The van der Waals surface area contributed by atoms with Crippen molar-refractivity contribution < 1.29 is 9.90 Å². The summed E-state index contributed by atoms with van der Waals surface area (Å²) in [6, 6.07) is 8.66. The summed E-state index contributed by atoms with van der Waals surface area (Å²) in [5, 5.41) is 10.7. The van der Waals surface area contributed by atoms with Crippen LogP contribution < -0.4 is 0 Å². The van der Waals surface area contributed by atoms with Crippen molar-refractivity contribution in [3.05, 3.63) is 53.3 Å². The van der Waals surface area contributed by atoms with E-state index < -0.39 is 5.97 Å². The predicted octanol–water partition coefficient (Wildman–Crippen LogP) is 3.59. The van der Waals surface area contributed by atoms with Gasteiger partial charge in [0.1, 0.15) is 0 Å². The Morgan fingerprint density at radius 3 is 2.85 bits per heavy atom. The van der Waals surface area contributed by atoms with Gasteiger partial charge in [0.15, 0.2) is 0 Å². The van der Waals surface area contributed by atoms with Crippen molar-refractivity contribution >= 4 is 28.5 Å². The van der Waals surface area contributed by atoms with E-state index in [0.29, 0.717) is 10.7 Å². The van der Waals surface area contributed by atoms with Gasteiger partial charge in [-0.15, -0.1) is 0 Å². The lowest BCUT2D eigenvalue weighted by Crippen LogP contribution is -1.97. The Bertz CT molecular complexity index is 824. The van der Waals surface area contributed by atoms with Gasteiger partial charge in [0.05, 0.1) is 11.3 Å². The van der Waals surface area contributed by atoms with Crippen LogP contribution in [0.3, 0.4) is 0 Å². The number of rotatable bonds is 2. The van der Waals surface area contributed by atoms with Gasteiger partial charge in [-0.25, -0.2) is 4.79 Å². The van der Waals surface area contributed by atoms with Crippen molar-refractivity contribution in [2.24, 2.45) is 7.05 Å². The van der Waals surface area contributed by atoms with Gasteiger partial charge in [0.2, 0.25) is 0 Å². The summed E-state index contributed by atoms with van der Waals surface area (Å²) in [6.07, 6.45) is 3.43. The van der Waals surface area contributed by atoms with Crippen LogP contribution in [-0.4, -0.2) is 20.6 Å². The molecule has 3 aromatic rings. The van der Waals surface area contributed by atoms with Crippen LogP contribution in [0.4, 0.5) is 0 Å². The number of hydrogen-bond donors (Lipinski definition) is 1. The maximum Gasteiger partial charge on any atom is 0.335 e. The van der Waals surface area contributed by atoms with Gasteiger partial charge in [-0.05, 0) is 24.3 Å². The van der Waals surface area contributed by atoms with Crippen molar-refractivity contribution in [1.29, 1.82) is 0 Å². The third kappa shape index (κ3) is 2.04. The summed E-state index contributed by atoms with van der Waals surface area (Å²) in [5.74, 6) is -0.961.